The fraction of sp³-hybridized carbons (Fsp3) is 0.421. The summed E-state index contributed by atoms with van der Waals surface area (Å²) in [7, 11) is 0. The van der Waals surface area contributed by atoms with Crippen molar-refractivity contribution in [2.24, 2.45) is 5.92 Å². The van der Waals surface area contributed by atoms with E-state index in [1.54, 1.807) is 11.3 Å². The van der Waals surface area contributed by atoms with Crippen molar-refractivity contribution < 1.29 is 9.90 Å². The van der Waals surface area contributed by atoms with Crippen molar-refractivity contribution in [3.8, 4) is 0 Å². The molecule has 0 saturated carbocycles. The van der Waals surface area contributed by atoms with Crippen molar-refractivity contribution >= 4 is 33.2 Å². The van der Waals surface area contributed by atoms with Crippen LogP contribution in [0.25, 0.3) is 0 Å². The minimum absolute atomic E-state index is 0.198. The van der Waals surface area contributed by atoms with Gasteiger partial charge in [0.1, 0.15) is 0 Å². The van der Waals surface area contributed by atoms with E-state index < -0.39 is 5.97 Å². The van der Waals surface area contributed by atoms with E-state index in [0.29, 0.717) is 0 Å². The van der Waals surface area contributed by atoms with Crippen LogP contribution in [0.3, 0.4) is 0 Å². The van der Waals surface area contributed by atoms with Gasteiger partial charge in [0, 0.05) is 4.88 Å². The number of carboxylic acids is 1. The summed E-state index contributed by atoms with van der Waals surface area (Å²) in [6.07, 6.45) is 1.45. The Morgan fingerprint density at radius 2 is 1.96 bits per heavy atom. The van der Waals surface area contributed by atoms with E-state index in [0.717, 1.165) is 29.7 Å². The van der Waals surface area contributed by atoms with Crippen molar-refractivity contribution in [3.63, 3.8) is 0 Å². The number of halogens is 1. The molecule has 24 heavy (non-hydrogen) atoms. The molecule has 0 amide bonds. The summed E-state index contributed by atoms with van der Waals surface area (Å²) in [5.74, 6) is -0.854. The molecule has 1 aromatic heterocycles. The van der Waals surface area contributed by atoms with Crippen LogP contribution in [-0.2, 0) is 4.79 Å². The molecule has 0 bridgehead atoms. The van der Waals surface area contributed by atoms with Crippen molar-refractivity contribution in [1.82, 2.24) is 4.90 Å². The number of likely N-dealkylation sites (tertiary alicyclic amines) is 1. The molecular formula is C19H22BrNO2S. The van der Waals surface area contributed by atoms with Gasteiger partial charge in [-0.3, -0.25) is 9.69 Å². The number of thiophene rings is 1. The molecule has 2 aromatic rings. The maximum Gasteiger partial charge on any atom is 0.306 e. The van der Waals surface area contributed by atoms with Crippen LogP contribution in [0.2, 0.25) is 0 Å². The van der Waals surface area contributed by atoms with Gasteiger partial charge in [0.25, 0.3) is 0 Å². The van der Waals surface area contributed by atoms with Crippen molar-refractivity contribution in [2.45, 2.75) is 32.7 Å². The van der Waals surface area contributed by atoms with E-state index in [1.807, 2.05) is 0 Å². The summed E-state index contributed by atoms with van der Waals surface area (Å²) in [5, 5.41) is 9.25. The minimum atomic E-state index is -0.656. The summed E-state index contributed by atoms with van der Waals surface area (Å²) in [5.41, 5.74) is 3.89. The second kappa shape index (κ2) is 7.38. The smallest absolute Gasteiger partial charge is 0.306 e. The lowest BCUT2D eigenvalue weighted by atomic mass is 9.92. The number of rotatable bonds is 4. The first-order chi connectivity index (χ1) is 11.5. The van der Waals surface area contributed by atoms with Gasteiger partial charge in [0.05, 0.1) is 15.7 Å². The molecule has 0 aliphatic carbocycles. The molecule has 128 valence electrons. The monoisotopic (exact) mass is 407 g/mol. The van der Waals surface area contributed by atoms with Crippen molar-refractivity contribution in [1.29, 1.82) is 0 Å². The lowest BCUT2D eigenvalue weighted by molar-refractivity contribution is -0.143. The number of aryl methyl sites for hydroxylation is 2. The third-order valence-corrected chi connectivity index (χ3v) is 6.50. The standard InChI is InChI=1S/C19H22BrNO2S/c1-12-3-4-15(13(2)11-12)18(16-5-6-17(20)24-16)21-9-7-14(8-10-21)19(22)23/h3-6,11,14,18H,7-10H2,1-2H3,(H,22,23). The molecule has 3 rings (SSSR count). The highest BCUT2D eigenvalue weighted by molar-refractivity contribution is 9.11. The lowest BCUT2D eigenvalue weighted by Crippen LogP contribution is -2.39. The van der Waals surface area contributed by atoms with Gasteiger partial charge in [-0.1, -0.05) is 23.8 Å². The Kier molecular flexibility index (Phi) is 5.42. The van der Waals surface area contributed by atoms with E-state index in [4.69, 9.17) is 0 Å². The SMILES string of the molecule is Cc1ccc(C(c2ccc(Br)s2)N2CCC(C(=O)O)CC2)c(C)c1. The number of benzene rings is 1. The molecule has 1 unspecified atom stereocenters. The average molecular weight is 408 g/mol. The highest BCUT2D eigenvalue weighted by atomic mass is 79.9. The zero-order chi connectivity index (χ0) is 17.3. The molecule has 1 N–H and O–H groups in total. The van der Waals surface area contributed by atoms with Gasteiger partial charge in [0.15, 0.2) is 0 Å². The summed E-state index contributed by atoms with van der Waals surface area (Å²) in [4.78, 5) is 15.0. The maximum atomic E-state index is 11.2. The Morgan fingerprint density at radius 3 is 2.50 bits per heavy atom. The van der Waals surface area contributed by atoms with Gasteiger partial charge >= 0.3 is 5.97 Å². The van der Waals surface area contributed by atoms with Crippen LogP contribution < -0.4 is 0 Å². The normalized spacial score (nSPS) is 17.8. The molecule has 1 saturated heterocycles. The van der Waals surface area contributed by atoms with E-state index in [-0.39, 0.29) is 12.0 Å². The molecule has 5 heteroatoms. The summed E-state index contributed by atoms with van der Waals surface area (Å²) in [6.45, 7) is 5.93. The van der Waals surface area contributed by atoms with E-state index in [2.05, 4.69) is 65.0 Å². The fourth-order valence-electron chi connectivity index (χ4n) is 3.54. The summed E-state index contributed by atoms with van der Waals surface area (Å²) >= 11 is 5.34. The van der Waals surface area contributed by atoms with Crippen LogP contribution in [0.5, 0.6) is 0 Å². The maximum absolute atomic E-state index is 11.2. The third-order valence-electron chi connectivity index (χ3n) is 4.83. The predicted octanol–water partition coefficient (Wildman–Crippen LogP) is 5.01. The molecule has 3 nitrogen and oxygen atoms in total. The van der Waals surface area contributed by atoms with Gasteiger partial charge in [-0.05, 0) is 79.0 Å². The molecule has 1 aliphatic rings. The van der Waals surface area contributed by atoms with Crippen molar-refractivity contribution in [2.75, 3.05) is 13.1 Å². The zero-order valence-corrected chi connectivity index (χ0v) is 16.4. The molecule has 1 aliphatic heterocycles. The van der Waals surface area contributed by atoms with Gasteiger partial charge in [-0.25, -0.2) is 0 Å². The van der Waals surface area contributed by atoms with Gasteiger partial charge in [-0.2, -0.15) is 0 Å². The van der Waals surface area contributed by atoms with E-state index in [1.165, 1.54) is 21.6 Å². The highest BCUT2D eigenvalue weighted by Crippen LogP contribution is 2.38. The number of nitrogens with zero attached hydrogens (tertiary/aromatic N) is 1. The van der Waals surface area contributed by atoms with E-state index in [9.17, 15) is 9.90 Å². The predicted molar refractivity (Wildman–Crippen MR) is 102 cm³/mol. The van der Waals surface area contributed by atoms with Gasteiger partial charge in [-0.15, -0.1) is 11.3 Å². The van der Waals surface area contributed by atoms with Crippen LogP contribution in [-0.4, -0.2) is 29.1 Å². The second-order valence-corrected chi connectivity index (χ2v) is 9.05. The van der Waals surface area contributed by atoms with Crippen LogP contribution in [0, 0.1) is 19.8 Å². The number of carboxylic acid groups (broad SMARTS) is 1. The molecule has 0 radical (unpaired) electrons. The Bertz CT molecular complexity index is 735. The van der Waals surface area contributed by atoms with Gasteiger partial charge < -0.3 is 5.11 Å². The molecule has 1 aromatic carbocycles. The first kappa shape index (κ1) is 17.6. The van der Waals surface area contributed by atoms with Crippen molar-refractivity contribution in [3.05, 3.63) is 55.7 Å². The average Bonchev–Trinajstić information content (AvgIpc) is 2.96. The Hall–Kier alpha value is -1.17. The number of hydrogen-bond donors (Lipinski definition) is 1. The number of piperidine rings is 1. The minimum Gasteiger partial charge on any atom is -0.481 e. The quantitative estimate of drug-likeness (QED) is 0.773. The third kappa shape index (κ3) is 3.73. The van der Waals surface area contributed by atoms with Gasteiger partial charge in [0.2, 0.25) is 0 Å². The summed E-state index contributed by atoms with van der Waals surface area (Å²) < 4.78 is 1.13. The molecule has 1 atom stereocenters. The largest absolute Gasteiger partial charge is 0.481 e. The van der Waals surface area contributed by atoms with Crippen LogP contribution in [0.1, 0.15) is 40.5 Å². The first-order valence-corrected chi connectivity index (χ1v) is 9.86. The molecule has 2 heterocycles. The number of aliphatic carboxylic acids is 1. The molecule has 1 fully saturated rings. The van der Waals surface area contributed by atoms with E-state index >= 15 is 0 Å². The van der Waals surface area contributed by atoms with Crippen LogP contribution in [0.15, 0.2) is 34.1 Å². The summed E-state index contributed by atoms with van der Waals surface area (Å²) in [6, 6.07) is 11.1. The number of carbonyl (C=O) groups is 1. The molecule has 0 spiro atoms. The molecular weight excluding hydrogens is 386 g/mol. The first-order valence-electron chi connectivity index (χ1n) is 8.25. The number of hydrogen-bond acceptors (Lipinski definition) is 3. The highest BCUT2D eigenvalue weighted by Gasteiger charge is 2.31. The van der Waals surface area contributed by atoms with Crippen LogP contribution in [0.4, 0.5) is 0 Å². The Morgan fingerprint density at radius 1 is 1.25 bits per heavy atom. The topological polar surface area (TPSA) is 40.5 Å². The zero-order valence-electron chi connectivity index (χ0n) is 14.0. The lowest BCUT2D eigenvalue weighted by Gasteiger charge is -2.37. The van der Waals surface area contributed by atoms with Crippen LogP contribution >= 0.6 is 27.3 Å². The Labute approximate surface area is 155 Å². The second-order valence-electron chi connectivity index (χ2n) is 6.55. The fourth-order valence-corrected chi connectivity index (χ4v) is 5.12. The Balaban J connectivity index is 1.93.